The molecule has 3 nitrogen and oxygen atoms in total. The van der Waals surface area contributed by atoms with Crippen molar-refractivity contribution in [1.82, 2.24) is 0 Å². The van der Waals surface area contributed by atoms with Gasteiger partial charge in [0.15, 0.2) is 11.5 Å². The van der Waals surface area contributed by atoms with Gasteiger partial charge in [0.25, 0.3) is 0 Å². The molecule has 0 aliphatic carbocycles. The molecule has 2 rings (SSSR count). The van der Waals surface area contributed by atoms with Crippen molar-refractivity contribution in [2.75, 3.05) is 14.2 Å². The molecule has 0 radical (unpaired) electrons. The Hall–Kier alpha value is -2.44. The van der Waals surface area contributed by atoms with E-state index in [0.717, 1.165) is 11.1 Å². The lowest BCUT2D eigenvalue weighted by atomic mass is 10.0. The summed E-state index contributed by atoms with van der Waals surface area (Å²) in [7, 11) is 3.06. The fourth-order valence-corrected chi connectivity index (χ4v) is 2.08. The molecule has 0 atom stereocenters. The summed E-state index contributed by atoms with van der Waals surface area (Å²) in [6.07, 6.45) is 3.78. The van der Waals surface area contributed by atoms with Crippen molar-refractivity contribution in [3.8, 4) is 17.6 Å². The minimum absolute atomic E-state index is 0.443. The summed E-state index contributed by atoms with van der Waals surface area (Å²) < 4.78 is 10.5. The molecule has 0 heterocycles. The van der Waals surface area contributed by atoms with Crippen molar-refractivity contribution in [3.05, 3.63) is 58.1 Å². The van der Waals surface area contributed by atoms with Crippen molar-refractivity contribution in [2.24, 2.45) is 0 Å². The Bertz CT molecular complexity index is 700. The number of hydrogen-bond acceptors (Lipinski definition) is 3. The SMILES string of the molecule is COc1ccc(C=Cc2ccc(Cl)cc2)c(C#N)c1OC. The van der Waals surface area contributed by atoms with Gasteiger partial charge in [0, 0.05) is 5.02 Å². The van der Waals surface area contributed by atoms with Crippen molar-refractivity contribution < 1.29 is 9.47 Å². The van der Waals surface area contributed by atoms with Gasteiger partial charge in [0.1, 0.15) is 11.6 Å². The number of rotatable bonds is 4. The molecule has 0 aliphatic rings. The molecule has 0 fully saturated rings. The van der Waals surface area contributed by atoms with Gasteiger partial charge in [-0.25, -0.2) is 0 Å². The van der Waals surface area contributed by atoms with Gasteiger partial charge in [-0.05, 0) is 35.4 Å². The summed E-state index contributed by atoms with van der Waals surface area (Å²) >= 11 is 5.85. The molecule has 0 unspecified atom stereocenters. The van der Waals surface area contributed by atoms with E-state index >= 15 is 0 Å². The zero-order valence-corrected chi connectivity index (χ0v) is 12.5. The minimum atomic E-state index is 0.443. The third kappa shape index (κ3) is 3.36. The third-order valence-corrected chi connectivity index (χ3v) is 3.27. The molecule has 4 heteroatoms. The molecule has 0 N–H and O–H groups in total. The van der Waals surface area contributed by atoms with E-state index in [1.165, 1.54) is 7.11 Å². The highest BCUT2D eigenvalue weighted by Crippen LogP contribution is 2.33. The molecule has 2 aromatic rings. The number of nitrogens with zero attached hydrogens (tertiary/aromatic N) is 1. The lowest BCUT2D eigenvalue weighted by Gasteiger charge is -2.10. The number of methoxy groups -OCH3 is 2. The fourth-order valence-electron chi connectivity index (χ4n) is 1.96. The van der Waals surface area contributed by atoms with E-state index in [9.17, 15) is 5.26 Å². The Morgan fingerprint density at radius 3 is 2.29 bits per heavy atom. The molecule has 0 amide bonds. The molecular weight excluding hydrogens is 286 g/mol. The Balaban J connectivity index is 2.40. The summed E-state index contributed by atoms with van der Waals surface area (Å²) in [6, 6.07) is 13.2. The quantitative estimate of drug-likeness (QED) is 0.786. The summed E-state index contributed by atoms with van der Waals surface area (Å²) in [6.45, 7) is 0. The first-order valence-electron chi connectivity index (χ1n) is 6.28. The predicted octanol–water partition coefficient (Wildman–Crippen LogP) is 4.40. The third-order valence-electron chi connectivity index (χ3n) is 3.01. The summed E-state index contributed by atoms with van der Waals surface area (Å²) in [5, 5.41) is 10.0. The summed E-state index contributed by atoms with van der Waals surface area (Å²) in [5.41, 5.74) is 2.21. The van der Waals surface area contributed by atoms with Crippen LogP contribution in [0.3, 0.4) is 0 Å². The smallest absolute Gasteiger partial charge is 0.179 e. The number of hydrogen-bond donors (Lipinski definition) is 0. The minimum Gasteiger partial charge on any atom is -0.493 e. The highest BCUT2D eigenvalue weighted by Gasteiger charge is 2.12. The lowest BCUT2D eigenvalue weighted by Crippen LogP contribution is -1.95. The maximum absolute atomic E-state index is 9.35. The maximum atomic E-state index is 9.35. The van der Waals surface area contributed by atoms with Crippen LogP contribution in [0.4, 0.5) is 0 Å². The molecule has 21 heavy (non-hydrogen) atoms. The Morgan fingerprint density at radius 2 is 1.71 bits per heavy atom. The van der Waals surface area contributed by atoms with Gasteiger partial charge < -0.3 is 9.47 Å². The first-order valence-corrected chi connectivity index (χ1v) is 6.66. The molecule has 0 bridgehead atoms. The Labute approximate surface area is 129 Å². The van der Waals surface area contributed by atoms with Crippen LogP contribution >= 0.6 is 11.6 Å². The average molecular weight is 300 g/mol. The maximum Gasteiger partial charge on any atom is 0.179 e. The van der Waals surface area contributed by atoms with E-state index < -0.39 is 0 Å². The van der Waals surface area contributed by atoms with Crippen LogP contribution in [-0.2, 0) is 0 Å². The van der Waals surface area contributed by atoms with Crippen LogP contribution in [0.15, 0.2) is 36.4 Å². The van der Waals surface area contributed by atoms with Crippen LogP contribution in [-0.4, -0.2) is 14.2 Å². The number of nitriles is 1. The highest BCUT2D eigenvalue weighted by molar-refractivity contribution is 6.30. The second kappa shape index (κ2) is 6.83. The van der Waals surface area contributed by atoms with E-state index in [4.69, 9.17) is 21.1 Å². The predicted molar refractivity (Wildman–Crippen MR) is 84.6 cm³/mol. The number of ether oxygens (including phenoxy) is 2. The molecule has 0 saturated carbocycles. The first kappa shape index (κ1) is 15.0. The topological polar surface area (TPSA) is 42.2 Å². The van der Waals surface area contributed by atoms with E-state index in [0.29, 0.717) is 22.1 Å². The van der Waals surface area contributed by atoms with Gasteiger partial charge in [-0.2, -0.15) is 5.26 Å². The van der Waals surface area contributed by atoms with E-state index in [-0.39, 0.29) is 0 Å². The summed E-state index contributed by atoms with van der Waals surface area (Å²) in [5.74, 6) is 0.982. The zero-order chi connectivity index (χ0) is 15.2. The van der Waals surface area contributed by atoms with Gasteiger partial charge in [-0.1, -0.05) is 35.9 Å². The molecule has 2 aromatic carbocycles. The fraction of sp³-hybridized carbons (Fsp3) is 0.118. The van der Waals surface area contributed by atoms with Crippen molar-refractivity contribution in [1.29, 1.82) is 5.26 Å². The molecule has 106 valence electrons. The standard InChI is InChI=1S/C17H14ClNO2/c1-20-16-10-7-13(15(11-19)17(16)21-2)6-3-12-4-8-14(18)9-5-12/h3-10H,1-2H3. The largest absolute Gasteiger partial charge is 0.493 e. The average Bonchev–Trinajstić information content (AvgIpc) is 2.53. The van der Waals surface area contributed by atoms with Gasteiger partial charge in [0.05, 0.1) is 14.2 Å². The molecule has 0 aliphatic heterocycles. The zero-order valence-electron chi connectivity index (χ0n) is 11.8. The number of benzene rings is 2. The van der Waals surface area contributed by atoms with E-state index in [1.807, 2.05) is 42.5 Å². The lowest BCUT2D eigenvalue weighted by molar-refractivity contribution is 0.354. The van der Waals surface area contributed by atoms with Crippen LogP contribution in [0.25, 0.3) is 12.2 Å². The van der Waals surface area contributed by atoms with Crippen LogP contribution in [0.5, 0.6) is 11.5 Å². The van der Waals surface area contributed by atoms with Crippen LogP contribution < -0.4 is 9.47 Å². The van der Waals surface area contributed by atoms with Gasteiger partial charge in [-0.3, -0.25) is 0 Å². The monoisotopic (exact) mass is 299 g/mol. The first-order chi connectivity index (χ1) is 10.2. The van der Waals surface area contributed by atoms with E-state index in [1.54, 1.807) is 13.2 Å². The molecule has 0 aromatic heterocycles. The Morgan fingerprint density at radius 1 is 1.00 bits per heavy atom. The number of halogens is 1. The van der Waals surface area contributed by atoms with Gasteiger partial charge in [0.2, 0.25) is 0 Å². The van der Waals surface area contributed by atoms with Gasteiger partial charge in [-0.15, -0.1) is 0 Å². The molecular formula is C17H14ClNO2. The van der Waals surface area contributed by atoms with E-state index in [2.05, 4.69) is 6.07 Å². The Kier molecular flexibility index (Phi) is 4.86. The van der Waals surface area contributed by atoms with Crippen LogP contribution in [0.1, 0.15) is 16.7 Å². The van der Waals surface area contributed by atoms with Crippen LogP contribution in [0.2, 0.25) is 5.02 Å². The van der Waals surface area contributed by atoms with Gasteiger partial charge >= 0.3 is 0 Å². The van der Waals surface area contributed by atoms with Crippen molar-refractivity contribution in [2.45, 2.75) is 0 Å². The molecule has 0 saturated heterocycles. The van der Waals surface area contributed by atoms with Crippen molar-refractivity contribution in [3.63, 3.8) is 0 Å². The normalized spacial score (nSPS) is 10.4. The van der Waals surface area contributed by atoms with Crippen LogP contribution in [0, 0.1) is 11.3 Å². The second-order valence-corrected chi connectivity index (χ2v) is 4.70. The van der Waals surface area contributed by atoms with Crippen molar-refractivity contribution >= 4 is 23.8 Å². The second-order valence-electron chi connectivity index (χ2n) is 4.26. The molecule has 0 spiro atoms. The highest BCUT2D eigenvalue weighted by atomic mass is 35.5. The summed E-state index contributed by atoms with van der Waals surface area (Å²) in [4.78, 5) is 0.